The monoisotopic (exact) mass is 214 g/mol. The number of esters is 1. The van der Waals surface area contributed by atoms with Gasteiger partial charge >= 0.3 is 5.97 Å². The number of carbonyl (C=O) groups is 1. The third-order valence-electron chi connectivity index (χ3n) is 3.35. The van der Waals surface area contributed by atoms with Gasteiger partial charge in [-0.25, -0.2) is 4.79 Å². The van der Waals surface area contributed by atoms with Crippen LogP contribution in [0.25, 0.3) is 5.57 Å². The summed E-state index contributed by atoms with van der Waals surface area (Å²) in [5.74, 6) is -0.173. The van der Waals surface area contributed by atoms with Gasteiger partial charge in [0.05, 0.1) is 5.56 Å². The number of carbonyl (C=O) groups excluding carboxylic acids is 1. The van der Waals surface area contributed by atoms with Gasteiger partial charge in [0.25, 0.3) is 0 Å². The molecule has 1 aromatic carbocycles. The van der Waals surface area contributed by atoms with Gasteiger partial charge < -0.3 is 4.74 Å². The first-order valence-corrected chi connectivity index (χ1v) is 5.84. The fourth-order valence-electron chi connectivity index (χ4n) is 2.41. The summed E-state index contributed by atoms with van der Waals surface area (Å²) < 4.78 is 5.01. The zero-order chi connectivity index (χ0) is 11.0. The molecule has 0 unspecified atom stereocenters. The minimum absolute atomic E-state index is 0.173. The Kier molecular flexibility index (Phi) is 2.28. The van der Waals surface area contributed by atoms with Gasteiger partial charge in [-0.15, -0.1) is 0 Å². The SMILES string of the molecule is O=C1OCc2ccc(C3=CCCCC3)cc21. The highest BCUT2D eigenvalue weighted by Crippen LogP contribution is 2.30. The van der Waals surface area contributed by atoms with E-state index in [0.29, 0.717) is 6.61 Å². The van der Waals surface area contributed by atoms with Crippen molar-refractivity contribution in [3.8, 4) is 0 Å². The lowest BCUT2D eigenvalue weighted by Gasteiger charge is -2.13. The van der Waals surface area contributed by atoms with Crippen molar-refractivity contribution in [1.29, 1.82) is 0 Å². The molecule has 1 aromatic rings. The lowest BCUT2D eigenvalue weighted by molar-refractivity contribution is 0.0535. The summed E-state index contributed by atoms with van der Waals surface area (Å²) in [5.41, 5.74) is 4.35. The number of hydrogen-bond acceptors (Lipinski definition) is 2. The second-order valence-corrected chi connectivity index (χ2v) is 4.42. The predicted molar refractivity (Wildman–Crippen MR) is 62.0 cm³/mol. The van der Waals surface area contributed by atoms with Crippen LogP contribution in [-0.2, 0) is 11.3 Å². The van der Waals surface area contributed by atoms with E-state index in [4.69, 9.17) is 4.74 Å². The van der Waals surface area contributed by atoms with E-state index < -0.39 is 0 Å². The third-order valence-corrected chi connectivity index (χ3v) is 3.35. The highest BCUT2D eigenvalue weighted by Gasteiger charge is 2.21. The van der Waals surface area contributed by atoms with Gasteiger partial charge in [0.15, 0.2) is 0 Å². The fraction of sp³-hybridized carbons (Fsp3) is 0.357. The van der Waals surface area contributed by atoms with Crippen molar-refractivity contribution in [3.05, 3.63) is 41.0 Å². The summed E-state index contributed by atoms with van der Waals surface area (Å²) >= 11 is 0. The Bertz CT molecular complexity index is 472. The van der Waals surface area contributed by atoms with Gasteiger partial charge in [-0.1, -0.05) is 18.2 Å². The molecular weight excluding hydrogens is 200 g/mol. The zero-order valence-electron chi connectivity index (χ0n) is 9.16. The number of fused-ring (bicyclic) bond motifs is 1. The Morgan fingerprint density at radius 3 is 2.94 bits per heavy atom. The molecule has 0 amide bonds. The van der Waals surface area contributed by atoms with E-state index in [9.17, 15) is 4.79 Å². The third kappa shape index (κ3) is 1.54. The predicted octanol–water partition coefficient (Wildman–Crippen LogP) is 3.31. The van der Waals surface area contributed by atoms with Crippen molar-refractivity contribution in [2.45, 2.75) is 32.3 Å². The van der Waals surface area contributed by atoms with Crippen molar-refractivity contribution in [2.24, 2.45) is 0 Å². The molecule has 3 rings (SSSR count). The lowest BCUT2D eigenvalue weighted by Crippen LogP contribution is -1.97. The Labute approximate surface area is 94.9 Å². The van der Waals surface area contributed by atoms with Gasteiger partial charge in [-0.3, -0.25) is 0 Å². The maximum absolute atomic E-state index is 11.5. The molecule has 0 fully saturated rings. The number of benzene rings is 1. The number of cyclic esters (lactones) is 1. The molecule has 0 aromatic heterocycles. The standard InChI is InChI=1S/C14H14O2/c15-14-13-8-11(6-7-12(13)9-16-14)10-4-2-1-3-5-10/h4,6-8H,1-3,5,9H2. The zero-order valence-corrected chi connectivity index (χ0v) is 9.16. The number of hydrogen-bond donors (Lipinski definition) is 0. The highest BCUT2D eigenvalue weighted by molar-refractivity contribution is 5.94. The molecule has 2 nitrogen and oxygen atoms in total. The average Bonchev–Trinajstić information content (AvgIpc) is 2.72. The molecule has 1 aliphatic heterocycles. The van der Waals surface area contributed by atoms with Gasteiger partial charge in [-0.2, -0.15) is 0 Å². The highest BCUT2D eigenvalue weighted by atomic mass is 16.5. The summed E-state index contributed by atoms with van der Waals surface area (Å²) in [6.07, 6.45) is 7.14. The molecule has 0 atom stereocenters. The molecule has 1 heterocycles. The van der Waals surface area contributed by atoms with Crippen LogP contribution >= 0.6 is 0 Å². The van der Waals surface area contributed by atoms with E-state index in [1.807, 2.05) is 12.1 Å². The smallest absolute Gasteiger partial charge is 0.338 e. The average molecular weight is 214 g/mol. The maximum Gasteiger partial charge on any atom is 0.338 e. The quantitative estimate of drug-likeness (QED) is 0.670. The molecule has 0 N–H and O–H groups in total. The molecule has 1 aliphatic carbocycles. The first-order chi connectivity index (χ1) is 7.84. The van der Waals surface area contributed by atoms with Crippen LogP contribution in [-0.4, -0.2) is 5.97 Å². The van der Waals surface area contributed by atoms with E-state index >= 15 is 0 Å². The number of allylic oxidation sites excluding steroid dienone is 2. The van der Waals surface area contributed by atoms with Gasteiger partial charge in [0.2, 0.25) is 0 Å². The van der Waals surface area contributed by atoms with Gasteiger partial charge in [0, 0.05) is 5.56 Å². The summed E-state index contributed by atoms with van der Waals surface area (Å²) in [5, 5.41) is 0. The molecule has 0 spiro atoms. The van der Waals surface area contributed by atoms with Crippen molar-refractivity contribution in [1.82, 2.24) is 0 Å². The molecule has 0 saturated carbocycles. The van der Waals surface area contributed by atoms with Crippen LogP contribution in [0.2, 0.25) is 0 Å². The van der Waals surface area contributed by atoms with E-state index in [-0.39, 0.29) is 5.97 Å². The number of ether oxygens (including phenoxy) is 1. The van der Waals surface area contributed by atoms with Crippen molar-refractivity contribution in [2.75, 3.05) is 0 Å². The fourth-order valence-corrected chi connectivity index (χ4v) is 2.41. The van der Waals surface area contributed by atoms with Crippen LogP contribution in [0.3, 0.4) is 0 Å². The summed E-state index contributed by atoms with van der Waals surface area (Å²) in [4.78, 5) is 11.5. The molecule has 82 valence electrons. The number of rotatable bonds is 1. The van der Waals surface area contributed by atoms with Crippen LogP contribution in [0.5, 0.6) is 0 Å². The Hall–Kier alpha value is -1.57. The molecule has 0 saturated heterocycles. The summed E-state index contributed by atoms with van der Waals surface area (Å²) in [6.45, 7) is 0.438. The molecule has 0 radical (unpaired) electrons. The first kappa shape index (κ1) is 9.64. The molecule has 0 bridgehead atoms. The molecule has 2 heteroatoms. The summed E-state index contributed by atoms with van der Waals surface area (Å²) in [6, 6.07) is 6.12. The van der Waals surface area contributed by atoms with Crippen LogP contribution in [0, 0.1) is 0 Å². The minimum Gasteiger partial charge on any atom is -0.457 e. The Balaban J connectivity index is 2.00. The van der Waals surface area contributed by atoms with E-state index in [2.05, 4.69) is 12.1 Å². The molecule has 2 aliphatic rings. The van der Waals surface area contributed by atoms with Crippen LogP contribution in [0.1, 0.15) is 47.2 Å². The normalized spacial score (nSPS) is 19.0. The van der Waals surface area contributed by atoms with Gasteiger partial charge in [-0.05, 0) is 42.9 Å². The van der Waals surface area contributed by atoms with Crippen LogP contribution in [0.15, 0.2) is 24.3 Å². The largest absolute Gasteiger partial charge is 0.457 e. The summed E-state index contributed by atoms with van der Waals surface area (Å²) in [7, 11) is 0. The second-order valence-electron chi connectivity index (χ2n) is 4.42. The van der Waals surface area contributed by atoms with Crippen LogP contribution in [0.4, 0.5) is 0 Å². The maximum atomic E-state index is 11.5. The van der Waals surface area contributed by atoms with Crippen molar-refractivity contribution in [3.63, 3.8) is 0 Å². The van der Waals surface area contributed by atoms with E-state index in [1.54, 1.807) is 0 Å². The molecular formula is C14H14O2. The Morgan fingerprint density at radius 1 is 1.19 bits per heavy atom. The Morgan fingerprint density at radius 2 is 2.12 bits per heavy atom. The van der Waals surface area contributed by atoms with Gasteiger partial charge in [0.1, 0.15) is 6.61 Å². The lowest BCUT2D eigenvalue weighted by atomic mass is 9.92. The topological polar surface area (TPSA) is 26.3 Å². The van der Waals surface area contributed by atoms with E-state index in [1.165, 1.54) is 24.0 Å². The second kappa shape index (κ2) is 3.78. The van der Waals surface area contributed by atoms with Crippen molar-refractivity contribution >= 4 is 11.5 Å². The molecule has 16 heavy (non-hydrogen) atoms. The van der Waals surface area contributed by atoms with E-state index in [0.717, 1.165) is 24.0 Å². The van der Waals surface area contributed by atoms with Crippen LogP contribution < -0.4 is 0 Å². The van der Waals surface area contributed by atoms with Crippen molar-refractivity contribution < 1.29 is 9.53 Å². The minimum atomic E-state index is -0.173. The first-order valence-electron chi connectivity index (χ1n) is 5.84.